The Morgan fingerprint density at radius 2 is 1.89 bits per heavy atom. The third-order valence-corrected chi connectivity index (χ3v) is 2.53. The Bertz CT molecular complexity index is 346. The van der Waals surface area contributed by atoms with Crippen LogP contribution in [0.25, 0.3) is 0 Å². The van der Waals surface area contributed by atoms with Crippen molar-refractivity contribution in [2.75, 3.05) is 39.5 Å². The molecule has 108 valence electrons. The average Bonchev–Trinajstić information content (AvgIpc) is 2.39. The van der Waals surface area contributed by atoms with E-state index in [1.54, 1.807) is 17.0 Å². The molecule has 1 unspecified atom stereocenters. The van der Waals surface area contributed by atoms with Crippen LogP contribution in [-0.2, 0) is 0 Å². The maximum Gasteiger partial charge on any atom is 0.233 e. The highest BCUT2D eigenvalue weighted by molar-refractivity contribution is 6.29. The van der Waals surface area contributed by atoms with E-state index in [1.807, 2.05) is 0 Å². The lowest BCUT2D eigenvalue weighted by molar-refractivity contribution is 0.0536. The number of aliphatic hydroxyl groups is 3. The Morgan fingerprint density at radius 1 is 1.21 bits per heavy atom. The van der Waals surface area contributed by atoms with Crippen LogP contribution in [0.3, 0.4) is 0 Å². The monoisotopic (exact) mass is 291 g/mol. The fourth-order valence-corrected chi connectivity index (χ4v) is 1.59. The number of halogens is 1. The highest BCUT2D eigenvalue weighted by atomic mass is 35.5. The molecule has 0 spiro atoms. The molecule has 8 heteroatoms. The van der Waals surface area contributed by atoms with Crippen molar-refractivity contribution in [2.24, 2.45) is 0 Å². The molecule has 19 heavy (non-hydrogen) atoms. The van der Waals surface area contributed by atoms with E-state index < -0.39 is 6.10 Å². The molecule has 0 bridgehead atoms. The minimum Gasteiger partial charge on any atom is -0.474 e. The summed E-state index contributed by atoms with van der Waals surface area (Å²) in [6, 6.07) is 3.10. The Labute approximate surface area is 116 Å². The summed E-state index contributed by atoms with van der Waals surface area (Å²) in [6.45, 7) is 1.05. The summed E-state index contributed by atoms with van der Waals surface area (Å²) < 4.78 is 5.25. The van der Waals surface area contributed by atoms with E-state index in [0.29, 0.717) is 19.6 Å². The van der Waals surface area contributed by atoms with Crippen LogP contribution in [0.1, 0.15) is 0 Å². The van der Waals surface area contributed by atoms with Crippen molar-refractivity contribution in [2.45, 2.75) is 6.10 Å². The van der Waals surface area contributed by atoms with Gasteiger partial charge in [-0.2, -0.15) is 0 Å². The molecular formula is C11H18ClN3O4. The van der Waals surface area contributed by atoms with Gasteiger partial charge in [0.25, 0.3) is 0 Å². The van der Waals surface area contributed by atoms with E-state index in [1.165, 1.54) is 0 Å². The summed E-state index contributed by atoms with van der Waals surface area (Å²) in [5.41, 5.74) is 0. The van der Waals surface area contributed by atoms with E-state index in [2.05, 4.69) is 10.2 Å². The average molecular weight is 292 g/mol. The summed E-state index contributed by atoms with van der Waals surface area (Å²) >= 11 is 5.58. The van der Waals surface area contributed by atoms with Crippen LogP contribution in [0.2, 0.25) is 5.15 Å². The predicted molar refractivity (Wildman–Crippen MR) is 69.2 cm³/mol. The molecular weight excluding hydrogens is 274 g/mol. The van der Waals surface area contributed by atoms with Gasteiger partial charge >= 0.3 is 0 Å². The molecule has 0 saturated heterocycles. The maximum absolute atomic E-state index is 9.78. The topological polar surface area (TPSA) is 98.9 Å². The quantitative estimate of drug-likeness (QED) is 0.545. The van der Waals surface area contributed by atoms with Gasteiger partial charge in [-0.3, -0.25) is 4.90 Å². The molecule has 1 aromatic heterocycles. The first kappa shape index (κ1) is 16.1. The van der Waals surface area contributed by atoms with Crippen LogP contribution >= 0.6 is 11.6 Å². The van der Waals surface area contributed by atoms with E-state index in [-0.39, 0.29) is 30.9 Å². The van der Waals surface area contributed by atoms with Crippen LogP contribution in [0.15, 0.2) is 12.1 Å². The van der Waals surface area contributed by atoms with Gasteiger partial charge in [-0.05, 0) is 6.07 Å². The summed E-state index contributed by atoms with van der Waals surface area (Å²) in [5, 5.41) is 35.0. The predicted octanol–water partition coefficient (Wildman–Crippen LogP) is -0.844. The molecule has 0 amide bonds. The fourth-order valence-electron chi connectivity index (χ4n) is 1.49. The van der Waals surface area contributed by atoms with E-state index in [4.69, 9.17) is 26.6 Å². The summed E-state index contributed by atoms with van der Waals surface area (Å²) in [5.74, 6) is 0.277. The second kappa shape index (κ2) is 9.00. The van der Waals surface area contributed by atoms with Crippen LogP contribution in [0.5, 0.6) is 5.88 Å². The van der Waals surface area contributed by atoms with Crippen molar-refractivity contribution in [3.8, 4) is 5.88 Å². The lowest BCUT2D eigenvalue weighted by Gasteiger charge is -2.23. The third kappa shape index (κ3) is 6.65. The van der Waals surface area contributed by atoms with Gasteiger partial charge < -0.3 is 20.1 Å². The first-order valence-corrected chi connectivity index (χ1v) is 6.27. The van der Waals surface area contributed by atoms with Gasteiger partial charge in [0, 0.05) is 25.7 Å². The van der Waals surface area contributed by atoms with Crippen molar-refractivity contribution in [3.63, 3.8) is 0 Å². The molecule has 0 fully saturated rings. The maximum atomic E-state index is 9.78. The zero-order valence-electron chi connectivity index (χ0n) is 10.4. The minimum atomic E-state index is -0.754. The van der Waals surface area contributed by atoms with Gasteiger partial charge in [0.2, 0.25) is 5.88 Å². The Balaban J connectivity index is 2.33. The number of nitrogens with zero attached hydrogens (tertiary/aromatic N) is 3. The largest absolute Gasteiger partial charge is 0.474 e. The van der Waals surface area contributed by atoms with Crippen molar-refractivity contribution >= 4 is 11.6 Å². The van der Waals surface area contributed by atoms with Crippen molar-refractivity contribution in [3.05, 3.63) is 17.3 Å². The van der Waals surface area contributed by atoms with Crippen LogP contribution in [0.4, 0.5) is 0 Å². The second-order valence-corrected chi connectivity index (χ2v) is 4.29. The molecule has 0 aliphatic heterocycles. The number of hydrogen-bond donors (Lipinski definition) is 3. The van der Waals surface area contributed by atoms with Gasteiger partial charge in [0.1, 0.15) is 12.7 Å². The molecule has 0 saturated carbocycles. The molecule has 1 rings (SSSR count). The van der Waals surface area contributed by atoms with Crippen LogP contribution in [-0.4, -0.2) is 76.0 Å². The van der Waals surface area contributed by atoms with Crippen LogP contribution < -0.4 is 4.74 Å². The van der Waals surface area contributed by atoms with Crippen LogP contribution in [0, 0.1) is 0 Å². The van der Waals surface area contributed by atoms with Crippen molar-refractivity contribution < 1.29 is 20.1 Å². The molecule has 1 aromatic rings. The molecule has 1 heterocycles. The summed E-state index contributed by atoms with van der Waals surface area (Å²) in [4.78, 5) is 1.74. The number of ether oxygens (including phenoxy) is 1. The van der Waals surface area contributed by atoms with Gasteiger partial charge in [0.15, 0.2) is 5.15 Å². The first-order valence-electron chi connectivity index (χ1n) is 5.90. The number of aromatic nitrogens is 2. The number of rotatable bonds is 9. The summed E-state index contributed by atoms with van der Waals surface area (Å²) in [7, 11) is 0. The number of hydrogen-bond acceptors (Lipinski definition) is 7. The smallest absolute Gasteiger partial charge is 0.233 e. The Kier molecular flexibility index (Phi) is 7.61. The fraction of sp³-hybridized carbons (Fsp3) is 0.636. The standard InChI is InChI=1S/C11H18ClN3O4/c12-10-1-2-11(14-13-10)19-8-9(18)7-15(3-5-16)4-6-17/h1-2,9,16-18H,3-8H2. The lowest BCUT2D eigenvalue weighted by Crippen LogP contribution is -2.38. The molecule has 0 radical (unpaired) electrons. The third-order valence-electron chi connectivity index (χ3n) is 2.33. The van der Waals surface area contributed by atoms with Crippen molar-refractivity contribution in [1.82, 2.24) is 15.1 Å². The van der Waals surface area contributed by atoms with E-state index in [0.717, 1.165) is 0 Å². The molecule has 7 nitrogen and oxygen atoms in total. The molecule has 1 atom stereocenters. The zero-order valence-corrected chi connectivity index (χ0v) is 11.2. The number of aliphatic hydroxyl groups excluding tert-OH is 3. The Morgan fingerprint density at radius 3 is 2.42 bits per heavy atom. The lowest BCUT2D eigenvalue weighted by atomic mass is 10.3. The molecule has 0 aliphatic carbocycles. The first-order chi connectivity index (χ1) is 9.15. The van der Waals surface area contributed by atoms with E-state index in [9.17, 15) is 5.11 Å². The highest BCUT2D eigenvalue weighted by Gasteiger charge is 2.12. The highest BCUT2D eigenvalue weighted by Crippen LogP contribution is 2.08. The van der Waals surface area contributed by atoms with Gasteiger partial charge in [-0.1, -0.05) is 11.6 Å². The second-order valence-electron chi connectivity index (χ2n) is 3.91. The Hall–Kier alpha value is -0.990. The molecule has 0 aliphatic rings. The van der Waals surface area contributed by atoms with Crippen molar-refractivity contribution in [1.29, 1.82) is 0 Å². The van der Waals surface area contributed by atoms with E-state index >= 15 is 0 Å². The normalized spacial score (nSPS) is 12.7. The molecule has 0 aromatic carbocycles. The SMILES string of the molecule is OCCN(CCO)CC(O)COc1ccc(Cl)nn1. The van der Waals surface area contributed by atoms with Gasteiger partial charge in [0.05, 0.1) is 13.2 Å². The summed E-state index contributed by atoms with van der Waals surface area (Å²) in [6.07, 6.45) is -0.754. The minimum absolute atomic E-state index is 0.0315. The molecule has 3 N–H and O–H groups in total. The van der Waals surface area contributed by atoms with Gasteiger partial charge in [-0.25, -0.2) is 0 Å². The zero-order chi connectivity index (χ0) is 14.1. The van der Waals surface area contributed by atoms with Gasteiger partial charge in [-0.15, -0.1) is 10.2 Å².